The van der Waals surface area contributed by atoms with Gasteiger partial charge in [0.1, 0.15) is 0 Å². The van der Waals surface area contributed by atoms with Crippen molar-refractivity contribution in [2.45, 2.75) is 57.8 Å². The van der Waals surface area contributed by atoms with E-state index < -0.39 is 19.0 Å². The van der Waals surface area contributed by atoms with Crippen molar-refractivity contribution in [3.05, 3.63) is 0 Å². The largest absolute Gasteiger partial charge is 0.389 e. The van der Waals surface area contributed by atoms with Crippen LogP contribution in [0.2, 0.25) is 0 Å². The van der Waals surface area contributed by atoms with E-state index in [-0.39, 0.29) is 18.0 Å². The standard InChI is InChI=1S/C10H15F3N2O.C2H6/c11-10(12,13)4-3-9(16)15-5-7-1-2-8(6-15)14-7;1-2/h7-8,14H,1-6H2;1-2H3. The van der Waals surface area contributed by atoms with Crippen LogP contribution in [0.5, 0.6) is 0 Å². The molecule has 0 aromatic rings. The van der Waals surface area contributed by atoms with Gasteiger partial charge in [-0.2, -0.15) is 13.2 Å². The van der Waals surface area contributed by atoms with Crippen LogP contribution in [0.3, 0.4) is 0 Å². The molecule has 1 N–H and O–H groups in total. The van der Waals surface area contributed by atoms with Crippen LogP contribution in [0, 0.1) is 0 Å². The zero-order chi connectivity index (χ0) is 13.8. The van der Waals surface area contributed by atoms with E-state index in [2.05, 4.69) is 5.32 Å². The summed E-state index contributed by atoms with van der Waals surface area (Å²) in [5.41, 5.74) is 0. The van der Waals surface area contributed by atoms with E-state index in [1.165, 1.54) is 0 Å². The lowest BCUT2D eigenvalue weighted by atomic mass is 10.2. The van der Waals surface area contributed by atoms with Gasteiger partial charge >= 0.3 is 6.18 Å². The highest BCUT2D eigenvalue weighted by Gasteiger charge is 2.35. The maximum absolute atomic E-state index is 12.0. The fourth-order valence-corrected chi connectivity index (χ4v) is 2.41. The Balaban J connectivity index is 0.000000771. The molecule has 2 rings (SSSR count). The van der Waals surface area contributed by atoms with Gasteiger partial charge in [-0.25, -0.2) is 0 Å². The van der Waals surface area contributed by atoms with E-state index >= 15 is 0 Å². The zero-order valence-corrected chi connectivity index (χ0v) is 10.9. The summed E-state index contributed by atoms with van der Waals surface area (Å²) in [5, 5.41) is 3.33. The number of rotatable bonds is 2. The highest BCUT2D eigenvalue weighted by molar-refractivity contribution is 5.76. The first-order chi connectivity index (χ1) is 8.44. The smallest absolute Gasteiger partial charge is 0.340 e. The molecule has 106 valence electrons. The number of hydrogen-bond donors (Lipinski definition) is 1. The fourth-order valence-electron chi connectivity index (χ4n) is 2.41. The predicted octanol–water partition coefficient (Wildman–Crippen LogP) is 2.32. The van der Waals surface area contributed by atoms with Gasteiger partial charge < -0.3 is 10.2 Å². The lowest BCUT2D eigenvalue weighted by Gasteiger charge is -2.33. The van der Waals surface area contributed by atoms with Crippen LogP contribution in [0.15, 0.2) is 0 Å². The molecular formula is C12H21F3N2O. The minimum absolute atomic E-state index is 0.286. The third-order valence-electron chi connectivity index (χ3n) is 3.19. The van der Waals surface area contributed by atoms with Gasteiger partial charge in [-0.15, -0.1) is 0 Å². The Bertz CT molecular complexity index is 269. The number of nitrogens with zero attached hydrogens (tertiary/aromatic N) is 1. The second kappa shape index (κ2) is 6.41. The Hall–Kier alpha value is -0.780. The van der Waals surface area contributed by atoms with E-state index in [0.29, 0.717) is 13.1 Å². The van der Waals surface area contributed by atoms with Gasteiger partial charge in [0.2, 0.25) is 5.91 Å². The maximum atomic E-state index is 12.0. The van der Waals surface area contributed by atoms with Gasteiger partial charge in [0.15, 0.2) is 0 Å². The number of carbonyl (C=O) groups excluding carboxylic acids is 1. The van der Waals surface area contributed by atoms with Crippen LogP contribution < -0.4 is 5.32 Å². The van der Waals surface area contributed by atoms with Gasteiger partial charge in [-0.1, -0.05) is 13.8 Å². The molecule has 2 unspecified atom stereocenters. The van der Waals surface area contributed by atoms with Crippen LogP contribution in [-0.4, -0.2) is 42.2 Å². The average molecular weight is 266 g/mol. The Kier molecular flexibility index (Phi) is 5.44. The molecule has 3 nitrogen and oxygen atoms in total. The zero-order valence-electron chi connectivity index (χ0n) is 10.9. The molecule has 0 spiro atoms. The first-order valence-corrected chi connectivity index (χ1v) is 6.54. The van der Waals surface area contributed by atoms with Crippen LogP contribution >= 0.6 is 0 Å². The third-order valence-corrected chi connectivity index (χ3v) is 3.19. The Morgan fingerprint density at radius 3 is 2.17 bits per heavy atom. The molecule has 0 aromatic carbocycles. The minimum atomic E-state index is -4.23. The van der Waals surface area contributed by atoms with Gasteiger partial charge in [-0.3, -0.25) is 4.79 Å². The normalized spacial score (nSPS) is 26.6. The van der Waals surface area contributed by atoms with E-state index in [9.17, 15) is 18.0 Å². The molecule has 2 aliphatic rings. The molecule has 0 radical (unpaired) electrons. The number of piperazine rings is 1. The van der Waals surface area contributed by atoms with Gasteiger partial charge in [-0.05, 0) is 12.8 Å². The summed E-state index contributed by atoms with van der Waals surface area (Å²) in [6.07, 6.45) is -3.61. The summed E-state index contributed by atoms with van der Waals surface area (Å²) in [5.74, 6) is -0.365. The molecule has 2 bridgehead atoms. The van der Waals surface area contributed by atoms with Crippen LogP contribution in [-0.2, 0) is 4.79 Å². The summed E-state index contributed by atoms with van der Waals surface area (Å²) < 4.78 is 35.9. The van der Waals surface area contributed by atoms with Gasteiger partial charge in [0.05, 0.1) is 6.42 Å². The van der Waals surface area contributed by atoms with Crippen molar-refractivity contribution in [1.82, 2.24) is 10.2 Å². The third kappa shape index (κ3) is 4.48. The molecule has 0 aromatic heterocycles. The van der Waals surface area contributed by atoms with Crippen molar-refractivity contribution in [2.24, 2.45) is 0 Å². The quantitative estimate of drug-likeness (QED) is 0.832. The number of hydrogen-bond acceptors (Lipinski definition) is 2. The first kappa shape index (κ1) is 15.3. The number of fused-ring (bicyclic) bond motifs is 2. The molecule has 2 heterocycles. The SMILES string of the molecule is CC.O=C(CCC(F)(F)F)N1CC2CCC(C1)N2. The van der Waals surface area contributed by atoms with E-state index in [1.807, 2.05) is 13.8 Å². The second-order valence-electron chi connectivity index (χ2n) is 4.55. The molecule has 1 amide bonds. The van der Waals surface area contributed by atoms with E-state index in [0.717, 1.165) is 12.8 Å². The molecule has 2 saturated heterocycles. The van der Waals surface area contributed by atoms with Crippen LogP contribution in [0.4, 0.5) is 13.2 Å². The number of alkyl halides is 3. The van der Waals surface area contributed by atoms with Crippen LogP contribution in [0.25, 0.3) is 0 Å². The summed E-state index contributed by atoms with van der Waals surface area (Å²) >= 11 is 0. The molecule has 0 aliphatic carbocycles. The Morgan fingerprint density at radius 1 is 1.22 bits per heavy atom. The Labute approximate surface area is 106 Å². The molecule has 2 aliphatic heterocycles. The number of amides is 1. The minimum Gasteiger partial charge on any atom is -0.340 e. The summed E-state index contributed by atoms with van der Waals surface area (Å²) in [4.78, 5) is 13.1. The van der Waals surface area contributed by atoms with Gasteiger partial charge in [0, 0.05) is 31.6 Å². The lowest BCUT2D eigenvalue weighted by Crippen LogP contribution is -2.53. The van der Waals surface area contributed by atoms with Gasteiger partial charge in [0.25, 0.3) is 0 Å². The molecule has 6 heteroatoms. The molecule has 2 atom stereocenters. The summed E-state index contributed by atoms with van der Waals surface area (Å²) in [6, 6.07) is 0.571. The molecule has 2 fully saturated rings. The average Bonchev–Trinajstić information content (AvgIpc) is 2.67. The van der Waals surface area contributed by atoms with Crippen molar-refractivity contribution < 1.29 is 18.0 Å². The molecule has 18 heavy (non-hydrogen) atoms. The lowest BCUT2D eigenvalue weighted by molar-refractivity contribution is -0.149. The number of halogens is 3. The fraction of sp³-hybridized carbons (Fsp3) is 0.917. The number of likely N-dealkylation sites (tertiary alicyclic amines) is 1. The predicted molar refractivity (Wildman–Crippen MR) is 63.2 cm³/mol. The summed E-state index contributed by atoms with van der Waals surface area (Å²) in [6.45, 7) is 5.13. The highest BCUT2D eigenvalue weighted by Crippen LogP contribution is 2.24. The van der Waals surface area contributed by atoms with Crippen molar-refractivity contribution >= 4 is 5.91 Å². The van der Waals surface area contributed by atoms with Crippen molar-refractivity contribution in [3.8, 4) is 0 Å². The number of carbonyl (C=O) groups is 1. The monoisotopic (exact) mass is 266 g/mol. The Morgan fingerprint density at radius 2 is 1.72 bits per heavy atom. The summed E-state index contributed by atoms with van der Waals surface area (Å²) in [7, 11) is 0. The van der Waals surface area contributed by atoms with Crippen molar-refractivity contribution in [1.29, 1.82) is 0 Å². The highest BCUT2D eigenvalue weighted by atomic mass is 19.4. The topological polar surface area (TPSA) is 32.3 Å². The van der Waals surface area contributed by atoms with Crippen molar-refractivity contribution in [2.75, 3.05) is 13.1 Å². The molecule has 0 saturated carbocycles. The van der Waals surface area contributed by atoms with E-state index in [4.69, 9.17) is 0 Å². The second-order valence-corrected chi connectivity index (χ2v) is 4.55. The first-order valence-electron chi connectivity index (χ1n) is 6.54. The van der Waals surface area contributed by atoms with Crippen molar-refractivity contribution in [3.63, 3.8) is 0 Å². The maximum Gasteiger partial charge on any atom is 0.389 e. The number of nitrogens with one attached hydrogen (secondary N) is 1. The van der Waals surface area contributed by atoms with E-state index in [1.54, 1.807) is 4.90 Å². The molecular weight excluding hydrogens is 245 g/mol. The van der Waals surface area contributed by atoms with Crippen LogP contribution in [0.1, 0.15) is 39.5 Å².